The third-order valence-corrected chi connectivity index (χ3v) is 3.53. The summed E-state index contributed by atoms with van der Waals surface area (Å²) in [5.41, 5.74) is 0.825. The van der Waals surface area contributed by atoms with Crippen LogP contribution in [0.1, 0.15) is 38.2 Å². The molecule has 1 aromatic rings. The van der Waals surface area contributed by atoms with E-state index in [1.54, 1.807) is 25.3 Å². The smallest absolute Gasteiger partial charge is 0.262 e. The molecular weight excluding hydrogens is 292 g/mol. The Hall–Kier alpha value is -2.48. The summed E-state index contributed by atoms with van der Waals surface area (Å²) in [4.78, 5) is 12.0. The predicted molar refractivity (Wildman–Crippen MR) is 88.2 cm³/mol. The Kier molecular flexibility index (Phi) is 6.04. The summed E-state index contributed by atoms with van der Waals surface area (Å²) in [5.74, 6) is 0.936. The molecule has 1 aromatic carbocycles. The Morgan fingerprint density at radius 1 is 1.43 bits per heavy atom. The van der Waals surface area contributed by atoms with E-state index in [1.165, 1.54) is 0 Å². The van der Waals surface area contributed by atoms with Gasteiger partial charge in [-0.05, 0) is 43.0 Å². The van der Waals surface area contributed by atoms with Gasteiger partial charge in [0.2, 0.25) is 0 Å². The van der Waals surface area contributed by atoms with Crippen LogP contribution in [0.15, 0.2) is 23.8 Å². The van der Waals surface area contributed by atoms with Gasteiger partial charge >= 0.3 is 0 Å². The predicted octanol–water partition coefficient (Wildman–Crippen LogP) is 3.06. The van der Waals surface area contributed by atoms with Crippen LogP contribution in [-0.2, 0) is 4.79 Å². The van der Waals surface area contributed by atoms with Crippen LogP contribution < -0.4 is 14.8 Å². The minimum Gasteiger partial charge on any atom is -0.493 e. The maximum atomic E-state index is 12.0. The van der Waals surface area contributed by atoms with Crippen LogP contribution in [0.25, 0.3) is 6.08 Å². The summed E-state index contributed by atoms with van der Waals surface area (Å²) in [6, 6.07) is 7.56. The second-order valence-electron chi connectivity index (χ2n) is 5.53. The standard InChI is InChI=1S/C18H22N2O3/c1-3-4-9-23-16-8-5-13(11-17(16)22-2)10-14(12-19)18(21)20-15-6-7-15/h5,8,10-11,15H,3-4,6-7,9H2,1-2H3,(H,20,21). The molecule has 2 rings (SSSR count). The van der Waals surface area contributed by atoms with Crippen LogP contribution in [0.2, 0.25) is 0 Å². The molecule has 1 aliphatic carbocycles. The molecule has 0 bridgehead atoms. The molecule has 1 N–H and O–H groups in total. The van der Waals surface area contributed by atoms with Gasteiger partial charge in [0.15, 0.2) is 11.5 Å². The zero-order valence-electron chi connectivity index (χ0n) is 13.6. The Bertz CT molecular complexity index is 628. The molecule has 5 nitrogen and oxygen atoms in total. The van der Waals surface area contributed by atoms with E-state index < -0.39 is 0 Å². The number of nitriles is 1. The SMILES string of the molecule is CCCCOc1ccc(C=C(C#N)C(=O)NC2CC2)cc1OC. The van der Waals surface area contributed by atoms with E-state index in [1.807, 2.05) is 12.1 Å². The average molecular weight is 314 g/mol. The van der Waals surface area contributed by atoms with E-state index in [2.05, 4.69) is 12.2 Å². The summed E-state index contributed by atoms with van der Waals surface area (Å²) >= 11 is 0. The number of nitrogens with one attached hydrogen (secondary N) is 1. The number of benzene rings is 1. The summed E-state index contributed by atoms with van der Waals surface area (Å²) in [7, 11) is 1.57. The van der Waals surface area contributed by atoms with Gasteiger partial charge in [-0.3, -0.25) is 4.79 Å². The average Bonchev–Trinajstić information content (AvgIpc) is 3.37. The Morgan fingerprint density at radius 2 is 2.22 bits per heavy atom. The molecule has 0 saturated heterocycles. The Labute approximate surface area is 136 Å². The van der Waals surface area contributed by atoms with Gasteiger partial charge in [0.25, 0.3) is 5.91 Å². The van der Waals surface area contributed by atoms with Crippen LogP contribution >= 0.6 is 0 Å². The molecule has 0 unspecified atom stereocenters. The van der Waals surface area contributed by atoms with E-state index in [4.69, 9.17) is 9.47 Å². The maximum Gasteiger partial charge on any atom is 0.262 e. The molecule has 5 heteroatoms. The van der Waals surface area contributed by atoms with Gasteiger partial charge < -0.3 is 14.8 Å². The van der Waals surface area contributed by atoms with Crippen molar-refractivity contribution in [2.24, 2.45) is 0 Å². The van der Waals surface area contributed by atoms with Crippen molar-refractivity contribution in [1.29, 1.82) is 5.26 Å². The van der Waals surface area contributed by atoms with Crippen LogP contribution in [-0.4, -0.2) is 25.7 Å². The number of methoxy groups -OCH3 is 1. The number of carbonyl (C=O) groups is 1. The lowest BCUT2D eigenvalue weighted by Crippen LogP contribution is -2.26. The first-order valence-corrected chi connectivity index (χ1v) is 7.91. The maximum absolute atomic E-state index is 12.0. The normalized spacial score (nSPS) is 14.0. The number of rotatable bonds is 8. The third kappa shape index (κ3) is 5.03. The highest BCUT2D eigenvalue weighted by molar-refractivity contribution is 6.02. The second-order valence-corrected chi connectivity index (χ2v) is 5.53. The lowest BCUT2D eigenvalue weighted by atomic mass is 10.1. The fourth-order valence-electron chi connectivity index (χ4n) is 2.03. The van der Waals surface area contributed by atoms with Crippen LogP contribution in [0.3, 0.4) is 0 Å². The monoisotopic (exact) mass is 314 g/mol. The third-order valence-electron chi connectivity index (χ3n) is 3.53. The number of ether oxygens (including phenoxy) is 2. The summed E-state index contributed by atoms with van der Waals surface area (Å²) in [5, 5.41) is 12.0. The first kappa shape index (κ1) is 16.9. The van der Waals surface area contributed by atoms with Crippen molar-refractivity contribution in [2.75, 3.05) is 13.7 Å². The second kappa shape index (κ2) is 8.23. The highest BCUT2D eigenvalue weighted by atomic mass is 16.5. The Morgan fingerprint density at radius 3 is 2.83 bits per heavy atom. The van der Waals surface area contributed by atoms with E-state index in [-0.39, 0.29) is 17.5 Å². The zero-order valence-corrected chi connectivity index (χ0v) is 13.6. The molecule has 122 valence electrons. The molecule has 1 saturated carbocycles. The number of unbranched alkanes of at least 4 members (excludes halogenated alkanes) is 1. The van der Waals surface area contributed by atoms with E-state index >= 15 is 0 Å². The van der Waals surface area contributed by atoms with Crippen molar-refractivity contribution < 1.29 is 14.3 Å². The first-order valence-electron chi connectivity index (χ1n) is 7.91. The van der Waals surface area contributed by atoms with Crippen molar-refractivity contribution >= 4 is 12.0 Å². The van der Waals surface area contributed by atoms with Crippen molar-refractivity contribution in [2.45, 2.75) is 38.6 Å². The van der Waals surface area contributed by atoms with Crippen molar-refractivity contribution in [3.8, 4) is 17.6 Å². The number of hydrogen-bond acceptors (Lipinski definition) is 4. The Balaban J connectivity index is 2.13. The minimum absolute atomic E-state index is 0.0959. The fraction of sp³-hybridized carbons (Fsp3) is 0.444. The number of amides is 1. The first-order chi connectivity index (χ1) is 11.2. The van der Waals surface area contributed by atoms with Gasteiger partial charge in [0, 0.05) is 6.04 Å². The molecule has 0 atom stereocenters. The van der Waals surface area contributed by atoms with Crippen molar-refractivity contribution in [1.82, 2.24) is 5.32 Å². The lowest BCUT2D eigenvalue weighted by Gasteiger charge is -2.11. The van der Waals surface area contributed by atoms with Crippen LogP contribution in [0.4, 0.5) is 0 Å². The molecule has 0 aliphatic heterocycles. The van der Waals surface area contributed by atoms with Gasteiger partial charge in [-0.15, -0.1) is 0 Å². The molecule has 1 aliphatic rings. The van der Waals surface area contributed by atoms with E-state index in [9.17, 15) is 10.1 Å². The van der Waals surface area contributed by atoms with Crippen LogP contribution in [0, 0.1) is 11.3 Å². The topological polar surface area (TPSA) is 71.3 Å². The van der Waals surface area contributed by atoms with Crippen molar-refractivity contribution in [3.05, 3.63) is 29.3 Å². The molecule has 1 fully saturated rings. The lowest BCUT2D eigenvalue weighted by molar-refractivity contribution is -0.117. The van der Waals surface area contributed by atoms with Gasteiger partial charge in [-0.1, -0.05) is 19.4 Å². The summed E-state index contributed by atoms with van der Waals surface area (Å²) in [6.07, 6.45) is 5.58. The molecule has 0 spiro atoms. The molecule has 0 heterocycles. The molecule has 0 aromatic heterocycles. The zero-order chi connectivity index (χ0) is 16.7. The van der Waals surface area contributed by atoms with Gasteiger partial charge in [0.1, 0.15) is 11.6 Å². The molecule has 1 amide bonds. The number of nitrogens with zero attached hydrogens (tertiary/aromatic N) is 1. The van der Waals surface area contributed by atoms with Gasteiger partial charge in [-0.25, -0.2) is 0 Å². The van der Waals surface area contributed by atoms with E-state index in [0.717, 1.165) is 31.2 Å². The summed E-state index contributed by atoms with van der Waals surface area (Å²) in [6.45, 7) is 2.74. The quantitative estimate of drug-likeness (QED) is 0.455. The highest BCUT2D eigenvalue weighted by Crippen LogP contribution is 2.29. The highest BCUT2D eigenvalue weighted by Gasteiger charge is 2.24. The molecule has 0 radical (unpaired) electrons. The minimum atomic E-state index is -0.322. The fourth-order valence-corrected chi connectivity index (χ4v) is 2.03. The van der Waals surface area contributed by atoms with E-state index in [0.29, 0.717) is 18.1 Å². The summed E-state index contributed by atoms with van der Waals surface area (Å²) < 4.78 is 11.0. The molecule has 23 heavy (non-hydrogen) atoms. The number of carbonyl (C=O) groups excluding carboxylic acids is 1. The van der Waals surface area contributed by atoms with Gasteiger partial charge in [-0.2, -0.15) is 5.26 Å². The van der Waals surface area contributed by atoms with Crippen LogP contribution in [0.5, 0.6) is 11.5 Å². The number of hydrogen-bond donors (Lipinski definition) is 1. The largest absolute Gasteiger partial charge is 0.493 e. The molecular formula is C18H22N2O3. The van der Waals surface area contributed by atoms with Gasteiger partial charge in [0.05, 0.1) is 13.7 Å². The van der Waals surface area contributed by atoms with Crippen molar-refractivity contribution in [3.63, 3.8) is 0 Å².